The van der Waals surface area contributed by atoms with E-state index in [1.807, 2.05) is 11.3 Å². The van der Waals surface area contributed by atoms with Gasteiger partial charge in [0.2, 0.25) is 0 Å². The van der Waals surface area contributed by atoms with Crippen LogP contribution in [-0.2, 0) is 6.42 Å². The van der Waals surface area contributed by atoms with Crippen molar-refractivity contribution in [3.63, 3.8) is 0 Å². The van der Waals surface area contributed by atoms with Crippen LogP contribution in [0.1, 0.15) is 11.1 Å². The van der Waals surface area contributed by atoms with Crippen LogP contribution in [-0.4, -0.2) is 4.57 Å². The fraction of sp³-hybridized carbons (Fsp3) is 0.0123. The van der Waals surface area contributed by atoms with Gasteiger partial charge in [0.25, 0.3) is 0 Å². The SMILES string of the molecule is C=C1/C=C\C=C/Cc2ccccc2-c2cc(-n3c4ccc(-c5ccc(N(c6ccc(-c7ccccc7)cc6)c6ccc(-c7cccc8c7sc7ccccc78)cc6)cc5)cc4c4cc(-c5cc6ccccc6c6ccccc56)ccc43)ccc21. The van der Waals surface area contributed by atoms with E-state index in [0.29, 0.717) is 0 Å². The predicted octanol–water partition coefficient (Wildman–Crippen LogP) is 22.9. The zero-order valence-corrected chi connectivity index (χ0v) is 46.9. The lowest BCUT2D eigenvalue weighted by Crippen LogP contribution is -2.09. The van der Waals surface area contributed by atoms with E-state index in [2.05, 4.69) is 319 Å². The molecule has 3 heteroatoms. The molecule has 15 aromatic rings. The Hall–Kier alpha value is -10.6. The molecule has 2 heterocycles. The predicted molar refractivity (Wildman–Crippen MR) is 362 cm³/mol. The molecule has 0 radical (unpaired) electrons. The maximum absolute atomic E-state index is 4.57. The van der Waals surface area contributed by atoms with Gasteiger partial charge in [0.1, 0.15) is 0 Å². The van der Waals surface area contributed by atoms with E-state index in [9.17, 15) is 0 Å². The van der Waals surface area contributed by atoms with Crippen molar-refractivity contribution in [3.8, 4) is 61.3 Å². The molecule has 16 rings (SSSR count). The average Bonchev–Trinajstić information content (AvgIpc) is 2.99. The van der Waals surface area contributed by atoms with Crippen molar-refractivity contribution in [2.45, 2.75) is 6.42 Å². The number of allylic oxidation sites excluding steroid dienone is 5. The second kappa shape index (κ2) is 20.4. The molecule has 0 saturated carbocycles. The highest BCUT2D eigenvalue weighted by Gasteiger charge is 2.21. The molecule has 0 N–H and O–H groups in total. The molecule has 0 bridgehead atoms. The highest BCUT2D eigenvalue weighted by molar-refractivity contribution is 7.26. The zero-order chi connectivity index (χ0) is 55.7. The van der Waals surface area contributed by atoms with Crippen molar-refractivity contribution in [1.82, 2.24) is 4.57 Å². The minimum Gasteiger partial charge on any atom is -0.311 e. The summed E-state index contributed by atoms with van der Waals surface area (Å²) < 4.78 is 5.10. The second-order valence-corrected chi connectivity index (χ2v) is 23.1. The molecular formula is C81H54N2S. The first kappa shape index (κ1) is 49.3. The summed E-state index contributed by atoms with van der Waals surface area (Å²) in [7, 11) is 0. The number of rotatable bonds is 8. The minimum atomic E-state index is 0.848. The standard InChI is InChI=1S/C81H54N2S/c1-53-17-4-2-7-20-57-21-8-10-23-67(57)75-52-65(45-46-66(53)75)83-78-47-37-59(49-76(78)77-51-61(38-48-79(77)83)74-50-60-22-9-11-24-68(60)70-25-12-13-26-71(70)74)56-33-41-63(42-34-56)82(62-39-31-55(32-40-62)54-18-5-3-6-19-54)64-43-35-58(36-44-64)69-28-16-29-73-72-27-14-15-30-80(72)84-81(69)73/h2-19,21-52H,1,20H2/b7-2-,17-4-. The number of hydrogen-bond donors (Lipinski definition) is 0. The lowest BCUT2D eigenvalue weighted by molar-refractivity contribution is 1.18. The van der Waals surface area contributed by atoms with Gasteiger partial charge in [0, 0.05) is 53.7 Å². The summed E-state index contributed by atoms with van der Waals surface area (Å²) in [6.07, 6.45) is 9.45. The van der Waals surface area contributed by atoms with Crippen molar-refractivity contribution >= 4 is 97.5 Å². The zero-order valence-electron chi connectivity index (χ0n) is 46.1. The van der Waals surface area contributed by atoms with Gasteiger partial charge in [-0.3, -0.25) is 0 Å². The third-order valence-corrected chi connectivity index (χ3v) is 18.4. The number of anilines is 3. The average molecular weight is 1090 g/mol. The number of aromatic nitrogens is 1. The van der Waals surface area contributed by atoms with Crippen molar-refractivity contribution < 1.29 is 0 Å². The molecule has 1 aliphatic carbocycles. The first-order valence-corrected chi connectivity index (χ1v) is 29.7. The first-order chi connectivity index (χ1) is 41.6. The van der Waals surface area contributed by atoms with Crippen LogP contribution < -0.4 is 4.90 Å². The molecule has 0 aliphatic heterocycles. The molecule has 0 saturated heterocycles. The molecule has 0 unspecified atom stereocenters. The first-order valence-electron chi connectivity index (χ1n) is 28.9. The van der Waals surface area contributed by atoms with Crippen LogP contribution in [0.5, 0.6) is 0 Å². The summed E-state index contributed by atoms with van der Waals surface area (Å²) in [5, 5.41) is 10.0. The fourth-order valence-electron chi connectivity index (χ4n) is 13.1. The Morgan fingerprint density at radius 3 is 1.68 bits per heavy atom. The number of fused-ring (bicyclic) bond motifs is 12. The van der Waals surface area contributed by atoms with Gasteiger partial charge < -0.3 is 9.47 Å². The second-order valence-electron chi connectivity index (χ2n) is 22.0. The molecule has 2 nitrogen and oxygen atoms in total. The highest BCUT2D eigenvalue weighted by atomic mass is 32.1. The molecule has 84 heavy (non-hydrogen) atoms. The Morgan fingerprint density at radius 2 is 0.917 bits per heavy atom. The smallest absolute Gasteiger partial charge is 0.0541 e. The van der Waals surface area contributed by atoms with Gasteiger partial charge in [-0.1, -0.05) is 225 Å². The molecule has 13 aromatic carbocycles. The van der Waals surface area contributed by atoms with E-state index in [-0.39, 0.29) is 0 Å². The molecule has 0 amide bonds. The molecule has 2 aromatic heterocycles. The van der Waals surface area contributed by atoms with E-state index >= 15 is 0 Å². The van der Waals surface area contributed by atoms with Gasteiger partial charge in [0.15, 0.2) is 0 Å². The molecule has 1 aliphatic rings. The van der Waals surface area contributed by atoms with Crippen molar-refractivity contribution in [3.05, 3.63) is 321 Å². The molecule has 0 fully saturated rings. The lowest BCUT2D eigenvalue weighted by Gasteiger charge is -2.26. The van der Waals surface area contributed by atoms with E-state index in [1.165, 1.54) is 103 Å². The molecule has 0 atom stereocenters. The maximum Gasteiger partial charge on any atom is 0.0541 e. The Balaban J connectivity index is 0.832. The summed E-state index contributed by atoms with van der Waals surface area (Å²) in [5.41, 5.74) is 22.1. The van der Waals surface area contributed by atoms with E-state index in [0.717, 1.165) is 62.5 Å². The Labute approximate surface area is 492 Å². The third-order valence-electron chi connectivity index (χ3n) is 17.2. The van der Waals surface area contributed by atoms with Crippen molar-refractivity contribution in [2.24, 2.45) is 0 Å². The number of benzene rings is 13. The van der Waals surface area contributed by atoms with Crippen LogP contribution in [0.4, 0.5) is 17.1 Å². The maximum atomic E-state index is 4.57. The summed E-state index contributed by atoms with van der Waals surface area (Å²) in [4.78, 5) is 2.38. The molecule has 394 valence electrons. The topological polar surface area (TPSA) is 8.17 Å². The van der Waals surface area contributed by atoms with Gasteiger partial charge in [0.05, 0.1) is 11.0 Å². The van der Waals surface area contributed by atoms with Crippen LogP contribution >= 0.6 is 11.3 Å². The fourth-order valence-corrected chi connectivity index (χ4v) is 14.3. The van der Waals surface area contributed by atoms with Crippen LogP contribution in [0, 0.1) is 0 Å². The van der Waals surface area contributed by atoms with Crippen molar-refractivity contribution in [2.75, 3.05) is 4.90 Å². The normalized spacial score (nSPS) is 13.2. The van der Waals surface area contributed by atoms with Crippen molar-refractivity contribution in [1.29, 1.82) is 0 Å². The van der Waals surface area contributed by atoms with Gasteiger partial charge in [-0.25, -0.2) is 0 Å². The molecular weight excluding hydrogens is 1030 g/mol. The van der Waals surface area contributed by atoms with Crippen LogP contribution in [0.15, 0.2) is 310 Å². The number of hydrogen-bond acceptors (Lipinski definition) is 2. The van der Waals surface area contributed by atoms with E-state index in [4.69, 9.17) is 0 Å². The lowest BCUT2D eigenvalue weighted by atomic mass is 9.90. The van der Waals surface area contributed by atoms with Gasteiger partial charge in [-0.05, 0) is 185 Å². The summed E-state index contributed by atoms with van der Waals surface area (Å²) >= 11 is 1.87. The largest absolute Gasteiger partial charge is 0.311 e. The third kappa shape index (κ3) is 8.48. The Bertz CT molecular complexity index is 5150. The quantitative estimate of drug-likeness (QED) is 0.138. The van der Waals surface area contributed by atoms with Gasteiger partial charge in [-0.2, -0.15) is 0 Å². The van der Waals surface area contributed by atoms with Gasteiger partial charge in [-0.15, -0.1) is 11.3 Å². The monoisotopic (exact) mass is 1090 g/mol. The highest BCUT2D eigenvalue weighted by Crippen LogP contribution is 2.45. The minimum absolute atomic E-state index is 0.848. The van der Waals surface area contributed by atoms with Gasteiger partial charge >= 0.3 is 0 Å². The van der Waals surface area contributed by atoms with E-state index < -0.39 is 0 Å². The molecule has 0 spiro atoms. The summed E-state index contributed by atoms with van der Waals surface area (Å²) in [6, 6.07) is 103. The van der Waals surface area contributed by atoms with Crippen LogP contribution in [0.3, 0.4) is 0 Å². The van der Waals surface area contributed by atoms with E-state index in [1.54, 1.807) is 0 Å². The van der Waals surface area contributed by atoms with Crippen LogP contribution in [0.25, 0.3) is 130 Å². The summed E-state index contributed by atoms with van der Waals surface area (Å²) in [5.74, 6) is 0. The van der Waals surface area contributed by atoms with Crippen LogP contribution in [0.2, 0.25) is 0 Å². The number of nitrogens with zero attached hydrogens (tertiary/aromatic N) is 2. The number of thiophene rings is 1. The Morgan fingerprint density at radius 1 is 0.345 bits per heavy atom. The summed E-state index contributed by atoms with van der Waals surface area (Å²) in [6.45, 7) is 4.57. The Kier molecular flexibility index (Phi) is 12.0.